The molecule has 0 aliphatic carbocycles. The molecule has 0 spiro atoms. The third kappa shape index (κ3) is 4.10. The van der Waals surface area contributed by atoms with Gasteiger partial charge in [-0.1, -0.05) is 66.2 Å². The van der Waals surface area contributed by atoms with Gasteiger partial charge in [-0.05, 0) is 43.7 Å². The molecule has 0 saturated carbocycles. The van der Waals surface area contributed by atoms with E-state index in [2.05, 4.69) is 31.2 Å². The number of nitrogens with zero attached hydrogens (tertiary/aromatic N) is 4. The van der Waals surface area contributed by atoms with E-state index in [1.807, 2.05) is 67.6 Å². The second-order valence-corrected chi connectivity index (χ2v) is 8.46. The first-order chi connectivity index (χ1) is 16.5. The number of ether oxygens (including phenoxy) is 1. The van der Waals surface area contributed by atoms with Crippen LogP contribution in [0.15, 0.2) is 90.0 Å². The third-order valence-electron chi connectivity index (χ3n) is 5.97. The maximum Gasteiger partial charge on any atom is 0.240 e. The first-order valence-corrected chi connectivity index (χ1v) is 11.3. The fourth-order valence-corrected chi connectivity index (χ4v) is 4.29. The van der Waals surface area contributed by atoms with Crippen LogP contribution in [-0.4, -0.2) is 26.4 Å². The predicted molar refractivity (Wildman–Crippen MR) is 132 cm³/mol. The maximum atomic E-state index is 12.7. The summed E-state index contributed by atoms with van der Waals surface area (Å²) in [6, 6.07) is 27.4. The van der Waals surface area contributed by atoms with Gasteiger partial charge in [-0.3, -0.25) is 4.79 Å². The van der Waals surface area contributed by atoms with Gasteiger partial charge < -0.3 is 4.74 Å². The van der Waals surface area contributed by atoms with E-state index in [-0.39, 0.29) is 11.9 Å². The van der Waals surface area contributed by atoms with Crippen LogP contribution in [0.3, 0.4) is 0 Å². The predicted octanol–water partition coefficient (Wildman–Crippen LogP) is 5.98. The van der Waals surface area contributed by atoms with Gasteiger partial charge in [0.25, 0.3) is 0 Å². The lowest BCUT2D eigenvalue weighted by Gasteiger charge is -2.21. The Hall–Kier alpha value is -4.19. The number of carbonyl (C=O) groups is 1. The minimum absolute atomic E-state index is 0.121. The second kappa shape index (κ2) is 8.98. The largest absolute Gasteiger partial charge is 0.439 e. The normalized spacial score (nSPS) is 15.3. The topological polar surface area (TPSA) is 59.7 Å². The second-order valence-electron chi connectivity index (χ2n) is 8.46. The highest BCUT2D eigenvalue weighted by Gasteiger charge is 2.37. The highest BCUT2D eigenvalue weighted by atomic mass is 16.5. The first-order valence-electron chi connectivity index (χ1n) is 11.3. The summed E-state index contributed by atoms with van der Waals surface area (Å²) in [6.07, 6.45) is 0.578. The smallest absolute Gasteiger partial charge is 0.240 e. The zero-order valence-electron chi connectivity index (χ0n) is 19.5. The fraction of sp³-hybridized carbons (Fsp3) is 0.179. The number of aromatic nitrogens is 2. The van der Waals surface area contributed by atoms with E-state index in [0.717, 1.165) is 28.2 Å². The summed E-state index contributed by atoms with van der Waals surface area (Å²) in [5.74, 6) is 1.17. The first kappa shape index (κ1) is 21.6. The molecule has 6 nitrogen and oxygen atoms in total. The number of hydrazone groups is 1. The van der Waals surface area contributed by atoms with Gasteiger partial charge >= 0.3 is 0 Å². The molecule has 6 heteroatoms. The van der Waals surface area contributed by atoms with Crippen LogP contribution in [0, 0.1) is 13.8 Å². The summed E-state index contributed by atoms with van der Waals surface area (Å²) < 4.78 is 8.23. The Morgan fingerprint density at radius 2 is 1.56 bits per heavy atom. The summed E-state index contributed by atoms with van der Waals surface area (Å²) in [7, 11) is 0. The molecule has 170 valence electrons. The molecule has 1 aliphatic rings. The SMILES string of the molecule is CC(=O)N1N=C(c2ccc(C)cc2)CC1c1c(C)nn(-c2ccccc2)c1Oc1ccccc1. The van der Waals surface area contributed by atoms with Crippen LogP contribution in [0.5, 0.6) is 11.6 Å². The van der Waals surface area contributed by atoms with Crippen molar-refractivity contribution in [2.75, 3.05) is 0 Å². The van der Waals surface area contributed by atoms with Gasteiger partial charge in [0, 0.05) is 13.3 Å². The molecule has 0 bridgehead atoms. The number of carbonyl (C=O) groups excluding carboxylic acids is 1. The molecule has 1 atom stereocenters. The van der Waals surface area contributed by atoms with E-state index in [4.69, 9.17) is 14.9 Å². The van der Waals surface area contributed by atoms with Gasteiger partial charge in [-0.15, -0.1) is 0 Å². The minimum atomic E-state index is -0.315. The Morgan fingerprint density at radius 3 is 2.21 bits per heavy atom. The van der Waals surface area contributed by atoms with Crippen molar-refractivity contribution in [1.82, 2.24) is 14.8 Å². The van der Waals surface area contributed by atoms with E-state index in [9.17, 15) is 4.79 Å². The lowest BCUT2D eigenvalue weighted by Crippen LogP contribution is -2.25. The molecule has 1 unspecified atom stereocenters. The Bertz CT molecular complexity index is 1340. The van der Waals surface area contributed by atoms with E-state index >= 15 is 0 Å². The number of amides is 1. The van der Waals surface area contributed by atoms with Crippen LogP contribution in [0.25, 0.3) is 5.69 Å². The van der Waals surface area contributed by atoms with Gasteiger partial charge in [-0.2, -0.15) is 10.2 Å². The molecule has 0 saturated heterocycles. The Morgan fingerprint density at radius 1 is 0.912 bits per heavy atom. The number of hydrogen-bond acceptors (Lipinski definition) is 4. The maximum absolute atomic E-state index is 12.7. The van der Waals surface area contributed by atoms with Gasteiger partial charge in [0.15, 0.2) is 0 Å². The van der Waals surface area contributed by atoms with Gasteiger partial charge in [0.05, 0.1) is 28.7 Å². The Labute approximate surface area is 199 Å². The summed E-state index contributed by atoms with van der Waals surface area (Å²) in [6.45, 7) is 5.55. The molecule has 0 N–H and O–H groups in total. The van der Waals surface area contributed by atoms with Crippen molar-refractivity contribution in [1.29, 1.82) is 0 Å². The molecule has 3 aromatic carbocycles. The van der Waals surface area contributed by atoms with Gasteiger partial charge in [0.2, 0.25) is 11.8 Å². The molecule has 0 fully saturated rings. The zero-order valence-corrected chi connectivity index (χ0v) is 19.5. The number of para-hydroxylation sites is 2. The summed E-state index contributed by atoms with van der Waals surface area (Å²) in [5.41, 5.74) is 5.60. The molecule has 2 heterocycles. The lowest BCUT2D eigenvalue weighted by molar-refractivity contribution is -0.130. The van der Waals surface area contributed by atoms with Crippen LogP contribution >= 0.6 is 0 Å². The minimum Gasteiger partial charge on any atom is -0.439 e. The molecule has 1 aliphatic heterocycles. The summed E-state index contributed by atoms with van der Waals surface area (Å²) in [5, 5.41) is 11.1. The van der Waals surface area contributed by atoms with Crippen molar-refractivity contribution in [3.05, 3.63) is 107 Å². The average Bonchev–Trinajstić information content (AvgIpc) is 3.42. The lowest BCUT2D eigenvalue weighted by atomic mass is 9.98. The van der Waals surface area contributed by atoms with E-state index < -0.39 is 0 Å². The quantitative estimate of drug-likeness (QED) is 0.376. The van der Waals surface area contributed by atoms with Crippen molar-refractivity contribution in [2.24, 2.45) is 5.10 Å². The third-order valence-corrected chi connectivity index (χ3v) is 5.97. The highest BCUT2D eigenvalue weighted by Crippen LogP contribution is 2.42. The molecule has 0 radical (unpaired) electrons. The fourth-order valence-electron chi connectivity index (χ4n) is 4.29. The Kier molecular flexibility index (Phi) is 5.72. The van der Waals surface area contributed by atoms with Crippen LogP contribution in [-0.2, 0) is 4.79 Å². The van der Waals surface area contributed by atoms with E-state index in [1.165, 1.54) is 5.56 Å². The van der Waals surface area contributed by atoms with Crippen molar-refractivity contribution in [3.8, 4) is 17.3 Å². The average molecular weight is 451 g/mol. The molecule has 1 amide bonds. The summed E-state index contributed by atoms with van der Waals surface area (Å²) in [4.78, 5) is 12.7. The van der Waals surface area contributed by atoms with Crippen LogP contribution in [0.1, 0.15) is 41.8 Å². The van der Waals surface area contributed by atoms with E-state index in [0.29, 0.717) is 18.1 Å². The number of benzene rings is 3. The van der Waals surface area contributed by atoms with Crippen molar-refractivity contribution < 1.29 is 9.53 Å². The number of rotatable bonds is 5. The molecule has 1 aromatic heterocycles. The molecule has 34 heavy (non-hydrogen) atoms. The standard InChI is InChI=1S/C28H26N4O2/c1-19-14-16-22(17-15-19)25-18-26(31(30-25)21(3)33)27-20(2)29-32(23-10-6-4-7-11-23)28(27)34-24-12-8-5-9-13-24/h4-17,26H,18H2,1-3H3. The van der Waals surface area contributed by atoms with Crippen molar-refractivity contribution >= 4 is 11.6 Å². The highest BCUT2D eigenvalue weighted by molar-refractivity contribution is 6.03. The molecular formula is C28H26N4O2. The monoisotopic (exact) mass is 450 g/mol. The molecular weight excluding hydrogens is 424 g/mol. The van der Waals surface area contributed by atoms with Gasteiger partial charge in [-0.25, -0.2) is 9.69 Å². The van der Waals surface area contributed by atoms with E-state index in [1.54, 1.807) is 16.6 Å². The van der Waals surface area contributed by atoms with Crippen LogP contribution in [0.4, 0.5) is 0 Å². The van der Waals surface area contributed by atoms with Crippen LogP contribution < -0.4 is 4.74 Å². The zero-order chi connectivity index (χ0) is 23.7. The Balaban J connectivity index is 1.61. The van der Waals surface area contributed by atoms with Crippen LogP contribution in [0.2, 0.25) is 0 Å². The van der Waals surface area contributed by atoms with Crippen molar-refractivity contribution in [2.45, 2.75) is 33.2 Å². The van der Waals surface area contributed by atoms with Crippen molar-refractivity contribution in [3.63, 3.8) is 0 Å². The molecule has 4 aromatic rings. The number of hydrogen-bond donors (Lipinski definition) is 0. The number of aryl methyl sites for hydroxylation is 2. The summed E-state index contributed by atoms with van der Waals surface area (Å²) >= 11 is 0. The molecule has 5 rings (SSSR count). The van der Waals surface area contributed by atoms with Gasteiger partial charge in [0.1, 0.15) is 5.75 Å².